The lowest BCUT2D eigenvalue weighted by molar-refractivity contribution is -0.119. The molecular formula is C20H23ClN2O6S. The molecule has 8 nitrogen and oxygen atoms in total. The van der Waals surface area contributed by atoms with Crippen molar-refractivity contribution < 1.29 is 27.4 Å². The first-order valence-electron chi connectivity index (χ1n) is 9.12. The van der Waals surface area contributed by atoms with Crippen LogP contribution in [0.25, 0.3) is 0 Å². The van der Waals surface area contributed by atoms with E-state index in [1.807, 2.05) is 6.07 Å². The highest BCUT2D eigenvalue weighted by Crippen LogP contribution is 2.37. The van der Waals surface area contributed by atoms with Crippen molar-refractivity contribution in [3.63, 3.8) is 0 Å². The predicted octanol–water partition coefficient (Wildman–Crippen LogP) is 2.28. The molecule has 0 bridgehead atoms. The molecule has 0 atom stereocenters. The summed E-state index contributed by atoms with van der Waals surface area (Å²) in [5, 5.41) is 0.0806. The molecule has 0 saturated carbocycles. The van der Waals surface area contributed by atoms with E-state index in [4.69, 9.17) is 31.5 Å². The first kappa shape index (κ1) is 22.2. The number of aryl methyl sites for hydroxylation is 1. The van der Waals surface area contributed by atoms with E-state index in [1.54, 1.807) is 20.1 Å². The van der Waals surface area contributed by atoms with Gasteiger partial charge < -0.3 is 19.9 Å². The average Bonchev–Trinajstić information content (AvgIpc) is 2.71. The Morgan fingerprint density at radius 3 is 2.33 bits per heavy atom. The Balaban J connectivity index is 1.95. The predicted molar refractivity (Wildman–Crippen MR) is 112 cm³/mol. The van der Waals surface area contributed by atoms with Gasteiger partial charge in [0.25, 0.3) is 5.91 Å². The van der Waals surface area contributed by atoms with Gasteiger partial charge in [0.05, 0.1) is 19.2 Å². The molecule has 0 aromatic heterocycles. The van der Waals surface area contributed by atoms with Crippen molar-refractivity contribution in [1.29, 1.82) is 0 Å². The van der Waals surface area contributed by atoms with Crippen molar-refractivity contribution in [1.82, 2.24) is 4.31 Å². The van der Waals surface area contributed by atoms with Gasteiger partial charge in [0, 0.05) is 19.2 Å². The second-order valence-corrected chi connectivity index (χ2v) is 9.18. The number of hydrogen-bond donors (Lipinski definition) is 1. The molecule has 0 saturated heterocycles. The Morgan fingerprint density at radius 2 is 1.73 bits per heavy atom. The average molecular weight is 455 g/mol. The molecular weight excluding hydrogens is 432 g/mol. The van der Waals surface area contributed by atoms with Gasteiger partial charge in [0.15, 0.2) is 18.1 Å². The number of nitrogens with zero attached hydrogens (tertiary/aromatic N) is 1. The van der Waals surface area contributed by atoms with E-state index >= 15 is 0 Å². The van der Waals surface area contributed by atoms with E-state index in [2.05, 4.69) is 0 Å². The third-order valence-electron chi connectivity index (χ3n) is 4.90. The van der Waals surface area contributed by atoms with Crippen LogP contribution in [0.4, 0.5) is 0 Å². The molecule has 0 aliphatic carbocycles. The summed E-state index contributed by atoms with van der Waals surface area (Å²) in [4.78, 5) is 10.9. The number of ether oxygens (including phenoxy) is 3. The van der Waals surface area contributed by atoms with E-state index in [-0.39, 0.29) is 35.4 Å². The van der Waals surface area contributed by atoms with Gasteiger partial charge in [0.2, 0.25) is 10.0 Å². The highest BCUT2D eigenvalue weighted by atomic mass is 35.5. The van der Waals surface area contributed by atoms with Crippen molar-refractivity contribution in [2.45, 2.75) is 24.8 Å². The summed E-state index contributed by atoms with van der Waals surface area (Å²) < 4.78 is 44.0. The fourth-order valence-corrected chi connectivity index (χ4v) is 5.33. The molecule has 10 heteroatoms. The fourth-order valence-electron chi connectivity index (χ4n) is 3.34. The molecule has 2 aromatic rings. The third-order valence-corrected chi connectivity index (χ3v) is 7.21. The zero-order chi connectivity index (χ0) is 22.1. The van der Waals surface area contributed by atoms with Gasteiger partial charge in [-0.1, -0.05) is 11.6 Å². The van der Waals surface area contributed by atoms with Crippen LogP contribution in [0, 0.1) is 6.92 Å². The number of fused-ring (bicyclic) bond motifs is 1. The van der Waals surface area contributed by atoms with E-state index in [1.165, 1.54) is 23.5 Å². The molecule has 1 heterocycles. The number of halogens is 1. The van der Waals surface area contributed by atoms with Crippen LogP contribution in [-0.4, -0.2) is 46.0 Å². The Hall–Kier alpha value is -2.49. The molecule has 2 N–H and O–H groups in total. The van der Waals surface area contributed by atoms with Crippen LogP contribution in [0.5, 0.6) is 17.2 Å². The van der Waals surface area contributed by atoms with Crippen LogP contribution >= 0.6 is 11.6 Å². The second kappa shape index (κ2) is 8.71. The summed E-state index contributed by atoms with van der Waals surface area (Å²) in [7, 11) is -0.830. The Morgan fingerprint density at radius 1 is 1.10 bits per heavy atom. The zero-order valence-electron chi connectivity index (χ0n) is 16.9. The van der Waals surface area contributed by atoms with Crippen LogP contribution in [0.15, 0.2) is 29.2 Å². The molecule has 1 aliphatic heterocycles. The lowest BCUT2D eigenvalue weighted by Gasteiger charge is -2.29. The third kappa shape index (κ3) is 4.33. The van der Waals surface area contributed by atoms with Gasteiger partial charge in [0.1, 0.15) is 10.6 Å². The van der Waals surface area contributed by atoms with E-state index in [0.29, 0.717) is 23.5 Å². The van der Waals surface area contributed by atoms with Gasteiger partial charge in [-0.3, -0.25) is 4.79 Å². The zero-order valence-corrected chi connectivity index (χ0v) is 18.5. The van der Waals surface area contributed by atoms with Gasteiger partial charge >= 0.3 is 0 Å². The summed E-state index contributed by atoms with van der Waals surface area (Å²) in [5.41, 5.74) is 7.54. The van der Waals surface area contributed by atoms with E-state index in [0.717, 1.165) is 11.1 Å². The minimum absolute atomic E-state index is 0.0806. The Bertz CT molecular complexity index is 1090. The quantitative estimate of drug-likeness (QED) is 0.687. The molecule has 0 radical (unpaired) electrons. The molecule has 1 aliphatic rings. The second-order valence-electron chi connectivity index (χ2n) is 6.87. The number of rotatable bonds is 7. The lowest BCUT2D eigenvalue weighted by atomic mass is 10.0. The number of sulfonamides is 1. The monoisotopic (exact) mass is 454 g/mol. The summed E-state index contributed by atoms with van der Waals surface area (Å²) >= 11 is 6.27. The van der Waals surface area contributed by atoms with Crippen molar-refractivity contribution in [2.75, 3.05) is 27.4 Å². The fraction of sp³-hybridized carbons (Fsp3) is 0.350. The first-order chi connectivity index (χ1) is 14.2. The Kier molecular flexibility index (Phi) is 6.44. The highest BCUT2D eigenvalue weighted by Gasteiger charge is 2.31. The first-order valence-corrected chi connectivity index (χ1v) is 10.9. The summed E-state index contributed by atoms with van der Waals surface area (Å²) in [6.07, 6.45) is 0.517. The molecule has 0 spiro atoms. The van der Waals surface area contributed by atoms with Gasteiger partial charge in [-0.15, -0.1) is 0 Å². The number of primary amides is 1. The van der Waals surface area contributed by atoms with Gasteiger partial charge in [-0.25, -0.2) is 8.42 Å². The number of hydrogen-bond acceptors (Lipinski definition) is 6. The summed E-state index contributed by atoms with van der Waals surface area (Å²) in [6.45, 7) is 1.79. The SMILES string of the molecule is COc1cc2c(cc1OC)CN(S(=O)(=O)c1cc(OCC(N)=O)c(C)cc1Cl)CC2. The van der Waals surface area contributed by atoms with Crippen LogP contribution in [0.1, 0.15) is 16.7 Å². The summed E-state index contributed by atoms with van der Waals surface area (Å²) in [6, 6.07) is 6.48. The topological polar surface area (TPSA) is 108 Å². The molecule has 2 aromatic carbocycles. The minimum Gasteiger partial charge on any atom is -0.493 e. The smallest absolute Gasteiger partial charge is 0.255 e. The van der Waals surface area contributed by atoms with Gasteiger partial charge in [-0.05, 0) is 48.2 Å². The van der Waals surface area contributed by atoms with Gasteiger partial charge in [-0.2, -0.15) is 4.31 Å². The normalized spacial score (nSPS) is 14.1. The molecule has 0 fully saturated rings. The number of carbonyl (C=O) groups excluding carboxylic acids is 1. The van der Waals surface area contributed by atoms with Crippen LogP contribution < -0.4 is 19.9 Å². The molecule has 162 valence electrons. The van der Waals surface area contributed by atoms with Crippen molar-refractivity contribution >= 4 is 27.5 Å². The minimum atomic E-state index is -3.92. The molecule has 3 rings (SSSR count). The van der Waals surface area contributed by atoms with Crippen molar-refractivity contribution in [3.8, 4) is 17.2 Å². The van der Waals surface area contributed by atoms with Crippen LogP contribution in [0.3, 0.4) is 0 Å². The maximum absolute atomic E-state index is 13.3. The number of amides is 1. The maximum Gasteiger partial charge on any atom is 0.255 e. The maximum atomic E-state index is 13.3. The molecule has 1 amide bonds. The Labute approximate surface area is 180 Å². The standard InChI is InChI=1S/C20H23ClN2O6S/c1-12-6-15(21)19(9-16(12)29-11-20(22)24)30(25,26)23-5-4-13-7-17(27-2)18(28-3)8-14(13)10-23/h6-9H,4-5,10-11H2,1-3H3,(H2,22,24). The van der Waals surface area contributed by atoms with Crippen LogP contribution in [-0.2, 0) is 27.8 Å². The lowest BCUT2D eigenvalue weighted by Crippen LogP contribution is -2.36. The van der Waals surface area contributed by atoms with Crippen LogP contribution in [0.2, 0.25) is 5.02 Å². The number of carbonyl (C=O) groups is 1. The molecule has 0 unspecified atom stereocenters. The number of nitrogens with two attached hydrogens (primary N) is 1. The highest BCUT2D eigenvalue weighted by molar-refractivity contribution is 7.89. The largest absolute Gasteiger partial charge is 0.493 e. The number of methoxy groups -OCH3 is 2. The van der Waals surface area contributed by atoms with Crippen molar-refractivity contribution in [3.05, 3.63) is 46.0 Å². The van der Waals surface area contributed by atoms with Crippen molar-refractivity contribution in [2.24, 2.45) is 5.73 Å². The number of benzene rings is 2. The van der Waals surface area contributed by atoms with E-state index in [9.17, 15) is 13.2 Å². The summed E-state index contributed by atoms with van der Waals surface area (Å²) in [5.74, 6) is 0.711. The molecule has 30 heavy (non-hydrogen) atoms. The van der Waals surface area contributed by atoms with E-state index < -0.39 is 15.9 Å².